The van der Waals surface area contributed by atoms with E-state index in [0.29, 0.717) is 59.4 Å². The molecule has 5 heterocycles. The van der Waals surface area contributed by atoms with E-state index in [2.05, 4.69) is 36.7 Å². The summed E-state index contributed by atoms with van der Waals surface area (Å²) in [6.07, 6.45) is 8.34. The normalized spacial score (nSPS) is 17.0. The predicted octanol–water partition coefficient (Wildman–Crippen LogP) is 4.90. The van der Waals surface area contributed by atoms with Gasteiger partial charge in [-0.3, -0.25) is 4.79 Å². The Balaban J connectivity index is 1.14. The molecule has 2 fully saturated rings. The molecule has 7 rings (SSSR count). The molecule has 0 unspecified atom stereocenters. The third-order valence-corrected chi connectivity index (χ3v) is 8.11. The van der Waals surface area contributed by atoms with Crippen molar-refractivity contribution in [3.63, 3.8) is 0 Å². The molecule has 43 heavy (non-hydrogen) atoms. The summed E-state index contributed by atoms with van der Waals surface area (Å²) in [6, 6.07) is 8.73. The van der Waals surface area contributed by atoms with Gasteiger partial charge >= 0.3 is 0 Å². The molecule has 1 amide bonds. The summed E-state index contributed by atoms with van der Waals surface area (Å²) in [7, 11) is 1.87. The molecule has 1 atom stereocenters. The number of nitrogens with zero attached hydrogens (tertiary/aromatic N) is 8. The molecule has 5 aromatic rings. The maximum absolute atomic E-state index is 15.4. The third kappa shape index (κ3) is 5.09. The smallest absolute Gasteiger partial charge is 0.246 e. The predicted molar refractivity (Wildman–Crippen MR) is 161 cm³/mol. The number of fused-ring (bicyclic) bond motifs is 2. The van der Waals surface area contributed by atoms with Crippen LogP contribution in [0.4, 0.5) is 21.7 Å². The van der Waals surface area contributed by atoms with E-state index in [1.165, 1.54) is 18.5 Å². The second-order valence-corrected chi connectivity index (χ2v) is 11.0. The first-order valence-electron chi connectivity index (χ1n) is 14.2. The molecule has 1 N–H and O–H groups in total. The first-order chi connectivity index (χ1) is 20.9. The highest BCUT2D eigenvalue weighted by Crippen LogP contribution is 2.38. The molecule has 4 aromatic heterocycles. The fourth-order valence-electron chi connectivity index (χ4n) is 5.67. The Morgan fingerprint density at radius 3 is 2.79 bits per heavy atom. The number of piperazine rings is 1. The van der Waals surface area contributed by atoms with Gasteiger partial charge in [0.15, 0.2) is 11.5 Å². The van der Waals surface area contributed by atoms with Crippen molar-refractivity contribution in [3.05, 3.63) is 73.2 Å². The largest absolute Gasteiger partial charge is 0.455 e. The molecule has 0 radical (unpaired) electrons. The second-order valence-electron chi connectivity index (χ2n) is 11.0. The van der Waals surface area contributed by atoms with Crippen LogP contribution in [-0.2, 0) is 11.8 Å². The van der Waals surface area contributed by atoms with E-state index >= 15 is 4.39 Å². The molecule has 1 aliphatic heterocycles. The number of pyridine rings is 2. The van der Waals surface area contributed by atoms with Crippen molar-refractivity contribution >= 4 is 45.4 Å². The third-order valence-electron chi connectivity index (χ3n) is 8.11. The molecule has 0 bridgehead atoms. The minimum absolute atomic E-state index is 0.0254. The van der Waals surface area contributed by atoms with Crippen LogP contribution in [0.5, 0.6) is 11.5 Å². The van der Waals surface area contributed by atoms with Crippen molar-refractivity contribution in [1.82, 2.24) is 34.4 Å². The SMILES string of the molecule is C=CC(=O)N1CCN(c2ccc3ncnc(Nc4cc(C)c(Oc5cnc6c(c5)ncn6C)cc4F)c3n2)C[C@@H]1C1CC1. The average Bonchev–Trinajstić information content (AvgIpc) is 3.81. The minimum atomic E-state index is -0.509. The first kappa shape index (κ1) is 26.7. The van der Waals surface area contributed by atoms with Gasteiger partial charge in [-0.25, -0.2) is 29.3 Å². The lowest BCUT2D eigenvalue weighted by Crippen LogP contribution is -2.56. The maximum Gasteiger partial charge on any atom is 0.246 e. The molecule has 0 spiro atoms. The summed E-state index contributed by atoms with van der Waals surface area (Å²) in [4.78, 5) is 39.0. The molecule has 1 saturated heterocycles. The number of anilines is 3. The Kier molecular flexibility index (Phi) is 6.60. The zero-order valence-corrected chi connectivity index (χ0v) is 23.9. The molecule has 12 heteroatoms. The highest BCUT2D eigenvalue weighted by Gasteiger charge is 2.40. The van der Waals surface area contributed by atoms with Gasteiger partial charge in [-0.1, -0.05) is 6.58 Å². The van der Waals surface area contributed by atoms with E-state index < -0.39 is 5.82 Å². The van der Waals surface area contributed by atoms with Gasteiger partial charge in [0.1, 0.15) is 40.5 Å². The van der Waals surface area contributed by atoms with Gasteiger partial charge in [-0.15, -0.1) is 0 Å². The Hall–Kier alpha value is -5.13. The lowest BCUT2D eigenvalue weighted by Gasteiger charge is -2.42. The van der Waals surface area contributed by atoms with Gasteiger partial charge in [0.2, 0.25) is 5.91 Å². The van der Waals surface area contributed by atoms with Crippen molar-refractivity contribution in [1.29, 1.82) is 0 Å². The van der Waals surface area contributed by atoms with Crippen LogP contribution in [0.1, 0.15) is 18.4 Å². The summed E-state index contributed by atoms with van der Waals surface area (Å²) in [5.74, 6) is 1.95. The monoisotopic (exact) mass is 579 g/mol. The molecule has 218 valence electrons. The number of rotatable bonds is 7. The van der Waals surface area contributed by atoms with E-state index in [9.17, 15) is 4.79 Å². The van der Waals surface area contributed by atoms with Crippen LogP contribution in [0, 0.1) is 18.7 Å². The summed E-state index contributed by atoms with van der Waals surface area (Å²) < 4.78 is 23.2. The summed E-state index contributed by atoms with van der Waals surface area (Å²) in [5.41, 5.74) is 3.54. The quantitative estimate of drug-likeness (QED) is 0.269. The Morgan fingerprint density at radius 2 is 1.98 bits per heavy atom. The number of hydrogen-bond acceptors (Lipinski definition) is 9. The molecule has 1 aromatic carbocycles. The first-order valence-corrected chi connectivity index (χ1v) is 14.2. The fraction of sp³-hybridized carbons (Fsp3) is 0.290. The number of aromatic nitrogens is 6. The van der Waals surface area contributed by atoms with Crippen molar-refractivity contribution in [2.24, 2.45) is 13.0 Å². The lowest BCUT2D eigenvalue weighted by atomic mass is 10.1. The van der Waals surface area contributed by atoms with Crippen LogP contribution in [-0.4, -0.2) is 66.0 Å². The number of carbonyl (C=O) groups excluding carboxylic acids is 1. The van der Waals surface area contributed by atoms with Crippen molar-refractivity contribution < 1.29 is 13.9 Å². The highest BCUT2D eigenvalue weighted by atomic mass is 19.1. The van der Waals surface area contributed by atoms with Crippen LogP contribution in [0.2, 0.25) is 0 Å². The Morgan fingerprint density at radius 1 is 1.12 bits per heavy atom. The molecule has 1 saturated carbocycles. The number of imidazole rings is 1. The molecular weight excluding hydrogens is 549 g/mol. The van der Waals surface area contributed by atoms with Crippen LogP contribution >= 0.6 is 0 Å². The Labute approximate surface area is 247 Å². The van der Waals surface area contributed by atoms with E-state index in [-0.39, 0.29) is 17.6 Å². The van der Waals surface area contributed by atoms with Gasteiger partial charge in [-0.2, -0.15) is 0 Å². The standard InChI is InChI=1S/C31H30FN9O2/c1-4-28(42)41-10-9-40(15-25(41)19-5-6-19)27-8-7-22-29(38-27)30(35-16-34-22)37-23-11-18(2)26(13-21(23)32)43-20-12-24-31(33-14-20)39(3)17-36-24/h4,7-8,11-14,16-17,19,25H,1,5-6,9-10,15H2,2-3H3,(H,34,35,37)/t25-/m1/s1. The number of aryl methyl sites for hydroxylation is 2. The number of carbonyl (C=O) groups is 1. The van der Waals surface area contributed by atoms with Crippen LogP contribution in [0.3, 0.4) is 0 Å². The van der Waals surface area contributed by atoms with Crippen LogP contribution in [0.25, 0.3) is 22.2 Å². The van der Waals surface area contributed by atoms with Crippen LogP contribution in [0.15, 0.2) is 61.8 Å². The fourth-order valence-corrected chi connectivity index (χ4v) is 5.67. The summed E-state index contributed by atoms with van der Waals surface area (Å²) >= 11 is 0. The van der Waals surface area contributed by atoms with Gasteiger partial charge in [0.05, 0.1) is 29.8 Å². The van der Waals surface area contributed by atoms with Gasteiger partial charge in [0, 0.05) is 38.8 Å². The van der Waals surface area contributed by atoms with Gasteiger partial charge < -0.3 is 24.4 Å². The number of benzene rings is 1. The van der Waals surface area contributed by atoms with E-state index in [1.807, 2.05) is 35.6 Å². The van der Waals surface area contributed by atoms with Crippen molar-refractivity contribution in [2.45, 2.75) is 25.8 Å². The zero-order chi connectivity index (χ0) is 29.7. The van der Waals surface area contributed by atoms with Gasteiger partial charge in [0.25, 0.3) is 0 Å². The average molecular weight is 580 g/mol. The summed E-state index contributed by atoms with van der Waals surface area (Å²) in [6.45, 7) is 7.46. The van der Waals surface area contributed by atoms with E-state index in [0.717, 1.165) is 29.9 Å². The molecular formula is C31H30FN9O2. The number of halogens is 1. The lowest BCUT2D eigenvalue weighted by molar-refractivity contribution is -0.129. The van der Waals surface area contributed by atoms with E-state index in [1.54, 1.807) is 24.7 Å². The zero-order valence-electron chi connectivity index (χ0n) is 23.9. The number of hydrogen-bond donors (Lipinski definition) is 1. The minimum Gasteiger partial charge on any atom is -0.455 e. The second kappa shape index (κ2) is 10.6. The van der Waals surface area contributed by atoms with Gasteiger partial charge in [-0.05, 0) is 55.5 Å². The summed E-state index contributed by atoms with van der Waals surface area (Å²) in [5, 5.41) is 3.12. The molecule has 1 aliphatic carbocycles. The van der Waals surface area contributed by atoms with Crippen LogP contribution < -0.4 is 15.0 Å². The number of nitrogens with one attached hydrogen (secondary N) is 1. The molecule has 2 aliphatic rings. The van der Waals surface area contributed by atoms with Crippen molar-refractivity contribution in [2.75, 3.05) is 29.9 Å². The topological polar surface area (TPSA) is 114 Å². The number of ether oxygens (including phenoxy) is 1. The Bertz CT molecular complexity index is 1890. The van der Waals surface area contributed by atoms with Crippen molar-refractivity contribution in [3.8, 4) is 11.5 Å². The number of amides is 1. The molecule has 11 nitrogen and oxygen atoms in total. The highest BCUT2D eigenvalue weighted by molar-refractivity contribution is 5.89. The van der Waals surface area contributed by atoms with E-state index in [4.69, 9.17) is 9.72 Å². The maximum atomic E-state index is 15.4.